The summed E-state index contributed by atoms with van der Waals surface area (Å²) in [6, 6.07) is 3.87. The molecule has 1 aromatic heterocycles. The largest absolute Gasteiger partial charge is 0.450 e. The van der Waals surface area contributed by atoms with Crippen LogP contribution in [0.5, 0.6) is 0 Å². The van der Waals surface area contributed by atoms with Crippen molar-refractivity contribution in [2.45, 2.75) is 13.3 Å². The van der Waals surface area contributed by atoms with Crippen molar-refractivity contribution < 1.29 is 19.1 Å². The molecule has 0 spiro atoms. The molecule has 3 amide bonds. The van der Waals surface area contributed by atoms with E-state index in [4.69, 9.17) is 17.0 Å². The third kappa shape index (κ3) is 4.92. The van der Waals surface area contributed by atoms with Crippen LogP contribution in [-0.4, -0.2) is 76.3 Å². The SMILES string of the molecule is CCOC(=O)N1CCN(C(=O)CCN2C(=O)/C(=C\c3cccs3)SC2=S)CC1. The van der Waals surface area contributed by atoms with Gasteiger partial charge in [-0.3, -0.25) is 14.5 Å². The van der Waals surface area contributed by atoms with Crippen LogP contribution in [0.3, 0.4) is 0 Å². The number of hydrogen-bond acceptors (Lipinski definition) is 7. The number of carbonyl (C=O) groups excluding carboxylic acids is 3. The average molecular weight is 440 g/mol. The Morgan fingerprint density at radius 3 is 2.61 bits per heavy atom. The highest BCUT2D eigenvalue weighted by Crippen LogP contribution is 2.33. The molecule has 0 aromatic carbocycles. The van der Waals surface area contributed by atoms with Gasteiger partial charge < -0.3 is 14.5 Å². The zero-order valence-corrected chi connectivity index (χ0v) is 17.9. The third-order valence-corrected chi connectivity index (χ3v) is 6.59. The molecule has 28 heavy (non-hydrogen) atoms. The molecule has 2 saturated heterocycles. The molecule has 0 unspecified atom stereocenters. The molecule has 0 radical (unpaired) electrons. The van der Waals surface area contributed by atoms with Gasteiger partial charge in [-0.15, -0.1) is 11.3 Å². The molecular weight excluding hydrogens is 418 g/mol. The molecule has 0 saturated carbocycles. The average Bonchev–Trinajstić information content (AvgIpc) is 3.29. The smallest absolute Gasteiger partial charge is 0.409 e. The topological polar surface area (TPSA) is 70.2 Å². The van der Waals surface area contributed by atoms with Crippen molar-refractivity contribution in [2.24, 2.45) is 0 Å². The minimum Gasteiger partial charge on any atom is -0.450 e. The summed E-state index contributed by atoms with van der Waals surface area (Å²) < 4.78 is 5.46. The molecule has 3 rings (SSSR count). The first-order chi connectivity index (χ1) is 13.5. The van der Waals surface area contributed by atoms with Gasteiger partial charge >= 0.3 is 6.09 Å². The van der Waals surface area contributed by atoms with Gasteiger partial charge in [0.2, 0.25) is 5.91 Å². The lowest BCUT2D eigenvalue weighted by Crippen LogP contribution is -2.51. The highest BCUT2D eigenvalue weighted by molar-refractivity contribution is 8.26. The minimum absolute atomic E-state index is 0.0419. The number of piperazine rings is 1. The van der Waals surface area contributed by atoms with Gasteiger partial charge in [-0.2, -0.15) is 0 Å². The molecule has 0 aliphatic carbocycles. The first kappa shape index (κ1) is 20.8. The lowest BCUT2D eigenvalue weighted by atomic mass is 10.2. The van der Waals surface area contributed by atoms with Crippen molar-refractivity contribution in [2.75, 3.05) is 39.3 Å². The summed E-state index contributed by atoms with van der Waals surface area (Å²) in [7, 11) is 0. The number of thiocarbonyl (C=S) groups is 1. The Bertz CT molecular complexity index is 786. The van der Waals surface area contributed by atoms with Crippen molar-refractivity contribution in [1.82, 2.24) is 14.7 Å². The first-order valence-electron chi connectivity index (χ1n) is 8.98. The molecule has 1 aromatic rings. The predicted molar refractivity (Wildman–Crippen MR) is 114 cm³/mol. The number of carbonyl (C=O) groups is 3. The van der Waals surface area contributed by atoms with Crippen LogP contribution in [0.1, 0.15) is 18.2 Å². The second kappa shape index (κ2) is 9.53. The molecule has 2 aliphatic rings. The molecule has 150 valence electrons. The summed E-state index contributed by atoms with van der Waals surface area (Å²) in [5, 5.41) is 1.95. The van der Waals surface area contributed by atoms with Crippen LogP contribution in [0.25, 0.3) is 6.08 Å². The summed E-state index contributed by atoms with van der Waals surface area (Å²) >= 11 is 8.14. The van der Waals surface area contributed by atoms with Crippen LogP contribution in [-0.2, 0) is 14.3 Å². The molecule has 3 heterocycles. The maximum absolute atomic E-state index is 12.6. The number of amides is 3. The standard InChI is InChI=1S/C18H21N3O4S3/c1-2-25-17(24)20-9-7-19(8-10-20)15(22)5-6-21-16(23)14(28-18(21)26)12-13-4-3-11-27-13/h3-4,11-12H,2,5-10H2,1H3/b14-12+. The van der Waals surface area contributed by atoms with Gasteiger partial charge in [-0.25, -0.2) is 4.79 Å². The fourth-order valence-corrected chi connectivity index (χ4v) is 4.95. The Kier molecular flexibility index (Phi) is 7.08. The van der Waals surface area contributed by atoms with Crippen molar-refractivity contribution in [3.8, 4) is 0 Å². The van der Waals surface area contributed by atoms with E-state index in [-0.39, 0.29) is 30.9 Å². The molecular formula is C18H21N3O4S3. The van der Waals surface area contributed by atoms with E-state index in [1.54, 1.807) is 28.1 Å². The van der Waals surface area contributed by atoms with Gasteiger partial charge in [-0.05, 0) is 24.4 Å². The first-order valence-corrected chi connectivity index (χ1v) is 11.1. The molecule has 2 fully saturated rings. The van der Waals surface area contributed by atoms with E-state index in [1.807, 2.05) is 23.6 Å². The second-order valence-electron chi connectivity index (χ2n) is 6.17. The van der Waals surface area contributed by atoms with Crippen molar-refractivity contribution >= 4 is 63.6 Å². The van der Waals surface area contributed by atoms with Crippen LogP contribution in [0.2, 0.25) is 0 Å². The van der Waals surface area contributed by atoms with E-state index in [0.29, 0.717) is 42.0 Å². The Morgan fingerprint density at radius 2 is 1.96 bits per heavy atom. The van der Waals surface area contributed by atoms with Gasteiger partial charge in [0.05, 0.1) is 11.5 Å². The summed E-state index contributed by atoms with van der Waals surface area (Å²) in [6.07, 6.45) is 1.70. The number of ether oxygens (including phenoxy) is 1. The maximum Gasteiger partial charge on any atom is 0.409 e. The van der Waals surface area contributed by atoms with Gasteiger partial charge in [0.25, 0.3) is 5.91 Å². The van der Waals surface area contributed by atoms with Gasteiger partial charge in [0.1, 0.15) is 4.32 Å². The molecule has 0 atom stereocenters. The summed E-state index contributed by atoms with van der Waals surface area (Å²) in [5.74, 6) is -0.192. The van der Waals surface area contributed by atoms with Crippen molar-refractivity contribution in [3.05, 3.63) is 27.3 Å². The Balaban J connectivity index is 1.49. The van der Waals surface area contributed by atoms with E-state index >= 15 is 0 Å². The monoisotopic (exact) mass is 439 g/mol. The summed E-state index contributed by atoms with van der Waals surface area (Å²) in [6.45, 7) is 4.21. The van der Waals surface area contributed by atoms with E-state index < -0.39 is 0 Å². The van der Waals surface area contributed by atoms with Gasteiger partial charge in [0.15, 0.2) is 0 Å². The van der Waals surface area contributed by atoms with Crippen molar-refractivity contribution in [3.63, 3.8) is 0 Å². The second-order valence-corrected chi connectivity index (χ2v) is 8.82. The van der Waals surface area contributed by atoms with Gasteiger partial charge in [-0.1, -0.05) is 30.0 Å². The number of nitrogens with zero attached hydrogens (tertiary/aromatic N) is 3. The molecule has 0 bridgehead atoms. The highest BCUT2D eigenvalue weighted by Gasteiger charge is 2.33. The zero-order valence-electron chi connectivity index (χ0n) is 15.5. The zero-order chi connectivity index (χ0) is 20.1. The van der Waals surface area contributed by atoms with Crippen molar-refractivity contribution in [1.29, 1.82) is 0 Å². The number of thioether (sulfide) groups is 1. The quantitative estimate of drug-likeness (QED) is 0.519. The Hall–Kier alpha value is -1.91. The third-order valence-electron chi connectivity index (χ3n) is 4.40. The number of thiophene rings is 1. The van der Waals surface area contributed by atoms with Crippen LogP contribution in [0.15, 0.2) is 22.4 Å². The number of rotatable bonds is 5. The van der Waals surface area contributed by atoms with Crippen LogP contribution in [0, 0.1) is 0 Å². The predicted octanol–water partition coefficient (Wildman–Crippen LogP) is 2.64. The number of hydrogen-bond donors (Lipinski definition) is 0. The van der Waals surface area contributed by atoms with E-state index in [0.717, 1.165) is 4.88 Å². The maximum atomic E-state index is 12.6. The normalized spacial score (nSPS) is 18.9. The molecule has 7 nitrogen and oxygen atoms in total. The van der Waals surface area contributed by atoms with Crippen LogP contribution < -0.4 is 0 Å². The van der Waals surface area contributed by atoms with E-state index in [1.165, 1.54) is 16.7 Å². The van der Waals surface area contributed by atoms with Crippen LogP contribution >= 0.6 is 35.3 Å². The lowest BCUT2D eigenvalue weighted by Gasteiger charge is -2.34. The Morgan fingerprint density at radius 1 is 1.25 bits per heavy atom. The summed E-state index contributed by atoms with van der Waals surface area (Å²) in [4.78, 5) is 43.2. The van der Waals surface area contributed by atoms with E-state index in [9.17, 15) is 14.4 Å². The minimum atomic E-state index is -0.343. The van der Waals surface area contributed by atoms with E-state index in [2.05, 4.69) is 0 Å². The van der Waals surface area contributed by atoms with Gasteiger partial charge in [0, 0.05) is 44.0 Å². The summed E-state index contributed by atoms with van der Waals surface area (Å²) in [5.41, 5.74) is 0. The Labute approximate surface area is 177 Å². The highest BCUT2D eigenvalue weighted by atomic mass is 32.2. The lowest BCUT2D eigenvalue weighted by molar-refractivity contribution is -0.133. The fraction of sp³-hybridized carbons (Fsp3) is 0.444. The molecule has 2 aliphatic heterocycles. The van der Waals surface area contributed by atoms with Crippen LogP contribution in [0.4, 0.5) is 4.79 Å². The molecule has 10 heteroatoms. The fourth-order valence-electron chi connectivity index (χ4n) is 2.91. The molecule has 0 N–H and O–H groups in total.